The zero-order chi connectivity index (χ0) is 40.9. The predicted octanol–water partition coefficient (Wildman–Crippen LogP) is 9.28. The number of H-pyrrole nitrogens is 2. The van der Waals surface area contributed by atoms with Gasteiger partial charge >= 0.3 is 0 Å². The Kier molecular flexibility index (Phi) is 10.7. The van der Waals surface area contributed by atoms with Gasteiger partial charge in [-0.25, -0.2) is 9.97 Å². The molecule has 2 aliphatic heterocycles. The first-order valence-electron chi connectivity index (χ1n) is 20.4. The first-order valence-corrected chi connectivity index (χ1v) is 21.1. The Morgan fingerprint density at radius 2 is 1.07 bits per heavy atom. The van der Waals surface area contributed by atoms with E-state index in [1.165, 1.54) is 22.3 Å². The van der Waals surface area contributed by atoms with E-state index in [0.29, 0.717) is 23.1 Å². The van der Waals surface area contributed by atoms with Crippen LogP contribution in [-0.4, -0.2) is 92.6 Å². The van der Waals surface area contributed by atoms with Gasteiger partial charge in [-0.05, 0) is 129 Å². The highest BCUT2D eigenvalue weighted by molar-refractivity contribution is 6.32. The number of nitrogens with one attached hydrogen (secondary N) is 2. The third-order valence-electron chi connectivity index (χ3n) is 12.3. The second-order valence-electron chi connectivity index (χ2n) is 16.4. The van der Waals surface area contributed by atoms with Crippen molar-refractivity contribution in [3.05, 3.63) is 141 Å². The minimum atomic E-state index is -0.483. The number of carbonyl (C=O) groups excluding carboxylic acids is 2. The van der Waals surface area contributed by atoms with Crippen molar-refractivity contribution in [3.63, 3.8) is 0 Å². The maximum atomic E-state index is 14.1. The van der Waals surface area contributed by atoms with Crippen LogP contribution in [-0.2, 0) is 16.0 Å². The second kappa shape index (κ2) is 16.1. The molecule has 2 saturated heterocycles. The van der Waals surface area contributed by atoms with Gasteiger partial charge in [-0.15, -0.1) is 0 Å². The monoisotopic (exact) mass is 826 g/mol. The van der Waals surface area contributed by atoms with E-state index in [4.69, 9.17) is 33.2 Å². The molecule has 10 nitrogen and oxygen atoms in total. The number of amides is 2. The van der Waals surface area contributed by atoms with Gasteiger partial charge in [0.15, 0.2) is 0 Å². The highest BCUT2D eigenvalue weighted by atomic mass is 35.5. The number of likely N-dealkylation sites (N-methyl/N-ethyl adjacent to an activating group) is 2. The van der Waals surface area contributed by atoms with Crippen LogP contribution < -0.4 is 0 Å². The third kappa shape index (κ3) is 7.26. The SMILES string of the molecule is CN(C)C(C(=O)N1CCC[C@@H]1c1ncc(-c2ccc3c(c2)Cc2cc(-c4cnc([C@H]5CCCN5C(=O)C(c5ccccc5Cl)N(C)C)[nH]4)ccc2-3)[nH]1)c1ccccc1Cl. The number of imidazole rings is 2. The number of halogens is 2. The Hall–Kier alpha value is -5.26. The topological polar surface area (TPSA) is 104 Å². The van der Waals surface area contributed by atoms with Crippen LogP contribution in [0.25, 0.3) is 33.6 Å². The standard InChI is InChI=1S/C47H48Cl2N8O2/c1-54(2)42(34-11-5-7-13-36(34)48)46(58)56-21-9-15-40(56)44-50-26-38(52-44)28-17-19-32-30(23-28)25-31-24-29(18-20-33(31)32)39-27-51-45(53-39)41-16-10-22-57(41)47(59)43(55(3)4)35-12-6-8-14-37(35)49/h5-8,11-14,17-20,23-24,26-27,40-43H,9-10,15-16,21-22,25H2,1-4H3,(H,50,52)(H,51,53)/t40-,41-,42?,43?/m1/s1. The summed E-state index contributed by atoms with van der Waals surface area (Å²) in [5.74, 6) is 1.67. The molecule has 2 N–H and O–H groups in total. The fourth-order valence-electron chi connectivity index (χ4n) is 9.45. The van der Waals surface area contributed by atoms with Crippen molar-refractivity contribution in [2.75, 3.05) is 41.3 Å². The van der Waals surface area contributed by atoms with E-state index in [2.05, 4.69) is 46.4 Å². The van der Waals surface area contributed by atoms with Crippen LogP contribution in [0.3, 0.4) is 0 Å². The second-order valence-corrected chi connectivity index (χ2v) is 17.3. The van der Waals surface area contributed by atoms with Crippen LogP contribution >= 0.6 is 23.2 Å². The minimum Gasteiger partial charge on any atom is -0.340 e. The van der Waals surface area contributed by atoms with E-state index in [0.717, 1.165) is 77.4 Å². The zero-order valence-corrected chi connectivity index (χ0v) is 35.3. The lowest BCUT2D eigenvalue weighted by atomic mass is 10.0. The van der Waals surface area contributed by atoms with Gasteiger partial charge in [-0.2, -0.15) is 0 Å². The molecular formula is C47H48Cl2N8O2. The maximum absolute atomic E-state index is 14.1. The Bertz CT molecular complexity index is 2370. The molecule has 0 radical (unpaired) electrons. The van der Waals surface area contributed by atoms with Gasteiger partial charge in [0.1, 0.15) is 23.7 Å². The fraction of sp³-hybridized carbons (Fsp3) is 0.319. The molecular weight excluding hydrogens is 779 g/mol. The van der Waals surface area contributed by atoms with Crippen molar-refractivity contribution in [1.29, 1.82) is 0 Å². The average Bonchev–Trinajstić information content (AvgIpc) is 4.08. The van der Waals surface area contributed by atoms with Crippen molar-refractivity contribution in [3.8, 4) is 33.6 Å². The third-order valence-corrected chi connectivity index (χ3v) is 13.0. The largest absolute Gasteiger partial charge is 0.340 e. The smallest absolute Gasteiger partial charge is 0.245 e. The van der Waals surface area contributed by atoms with Crippen molar-refractivity contribution in [2.24, 2.45) is 0 Å². The molecule has 12 heteroatoms. The molecule has 4 atom stereocenters. The van der Waals surface area contributed by atoms with Crippen LogP contribution in [0.5, 0.6) is 0 Å². The Morgan fingerprint density at radius 3 is 1.47 bits per heavy atom. The quantitative estimate of drug-likeness (QED) is 0.143. The lowest BCUT2D eigenvalue weighted by Gasteiger charge is -2.32. The van der Waals surface area contributed by atoms with Gasteiger partial charge in [0.05, 0.1) is 35.9 Å². The zero-order valence-electron chi connectivity index (χ0n) is 33.8. The van der Waals surface area contributed by atoms with Gasteiger partial charge in [0.25, 0.3) is 0 Å². The molecule has 4 heterocycles. The summed E-state index contributed by atoms with van der Waals surface area (Å²) in [6.45, 7) is 1.35. The molecule has 9 rings (SSSR count). The molecule has 0 spiro atoms. The van der Waals surface area contributed by atoms with Crippen molar-refractivity contribution in [2.45, 2.75) is 56.3 Å². The van der Waals surface area contributed by atoms with Crippen LogP contribution in [0, 0.1) is 0 Å². The lowest BCUT2D eigenvalue weighted by Crippen LogP contribution is -2.40. The Labute approximate surface area is 355 Å². The summed E-state index contributed by atoms with van der Waals surface area (Å²) in [5.41, 5.74) is 10.6. The van der Waals surface area contributed by atoms with Gasteiger partial charge < -0.3 is 19.8 Å². The van der Waals surface area contributed by atoms with Gasteiger partial charge in [-0.1, -0.05) is 83.9 Å². The number of likely N-dealkylation sites (tertiary alicyclic amines) is 2. The molecule has 1 aliphatic carbocycles. The highest BCUT2D eigenvalue weighted by Gasteiger charge is 2.39. The van der Waals surface area contributed by atoms with Crippen molar-refractivity contribution < 1.29 is 9.59 Å². The normalized spacial score (nSPS) is 18.4. The Balaban J connectivity index is 0.904. The van der Waals surface area contributed by atoms with E-state index in [-0.39, 0.29) is 23.9 Å². The lowest BCUT2D eigenvalue weighted by molar-refractivity contribution is -0.138. The van der Waals surface area contributed by atoms with Crippen molar-refractivity contribution >= 4 is 35.0 Å². The number of aromatic nitrogens is 4. The van der Waals surface area contributed by atoms with Crippen molar-refractivity contribution in [1.82, 2.24) is 39.5 Å². The van der Waals surface area contributed by atoms with Gasteiger partial charge in [0, 0.05) is 23.1 Å². The Morgan fingerprint density at radius 1 is 0.644 bits per heavy atom. The van der Waals surface area contributed by atoms with Gasteiger partial charge in [0.2, 0.25) is 11.8 Å². The number of hydrogen-bond donors (Lipinski definition) is 2. The van der Waals surface area contributed by atoms with E-state index in [1.54, 1.807) is 0 Å². The van der Waals surface area contributed by atoms with E-state index >= 15 is 0 Å². The molecule has 59 heavy (non-hydrogen) atoms. The molecule has 2 amide bonds. The molecule has 2 aromatic heterocycles. The first-order chi connectivity index (χ1) is 28.6. The summed E-state index contributed by atoms with van der Waals surface area (Å²) in [5, 5.41) is 1.18. The molecule has 3 aliphatic rings. The molecule has 4 aromatic carbocycles. The minimum absolute atomic E-state index is 0.0305. The van der Waals surface area contributed by atoms with E-state index < -0.39 is 12.1 Å². The summed E-state index contributed by atoms with van der Waals surface area (Å²) < 4.78 is 0. The summed E-state index contributed by atoms with van der Waals surface area (Å²) in [6.07, 6.45) is 8.11. The van der Waals surface area contributed by atoms with Gasteiger partial charge in [-0.3, -0.25) is 19.4 Å². The molecule has 2 unspecified atom stereocenters. The van der Waals surface area contributed by atoms with Crippen LogP contribution in [0.1, 0.15) is 83.8 Å². The van der Waals surface area contributed by atoms with Crippen LogP contribution in [0.2, 0.25) is 10.0 Å². The first kappa shape index (κ1) is 39.2. The molecule has 302 valence electrons. The molecule has 6 aromatic rings. The summed E-state index contributed by atoms with van der Waals surface area (Å²) in [4.78, 5) is 52.8. The number of hydrogen-bond acceptors (Lipinski definition) is 6. The fourth-order valence-corrected chi connectivity index (χ4v) is 9.93. The molecule has 0 saturated carbocycles. The van der Waals surface area contributed by atoms with E-state index in [1.807, 2.05) is 109 Å². The predicted molar refractivity (Wildman–Crippen MR) is 233 cm³/mol. The van der Waals surface area contributed by atoms with Crippen LogP contribution in [0.15, 0.2) is 97.3 Å². The summed E-state index contributed by atoms with van der Waals surface area (Å²) in [7, 11) is 7.68. The highest BCUT2D eigenvalue weighted by Crippen LogP contribution is 2.42. The van der Waals surface area contributed by atoms with Crippen LogP contribution in [0.4, 0.5) is 0 Å². The number of carbonyl (C=O) groups is 2. The average molecular weight is 828 g/mol. The number of aromatic amines is 2. The number of rotatable bonds is 10. The van der Waals surface area contributed by atoms with E-state index in [9.17, 15) is 9.59 Å². The molecule has 2 fully saturated rings. The summed E-state index contributed by atoms with van der Waals surface area (Å²) >= 11 is 13.2. The number of benzene rings is 4. The molecule has 0 bridgehead atoms. The maximum Gasteiger partial charge on any atom is 0.245 e. The number of fused-ring (bicyclic) bond motifs is 3. The number of nitrogens with zero attached hydrogens (tertiary/aromatic N) is 6. The summed E-state index contributed by atoms with van der Waals surface area (Å²) in [6, 6.07) is 27.2.